The number of aromatic nitrogens is 2. The lowest BCUT2D eigenvalue weighted by Gasteiger charge is -2.02. The minimum atomic E-state index is -0.533. The molecule has 0 aliphatic heterocycles. The average Bonchev–Trinajstić information content (AvgIpc) is 2.74. The predicted molar refractivity (Wildman–Crippen MR) is 70.1 cm³/mol. The second kappa shape index (κ2) is 4.98. The van der Waals surface area contributed by atoms with Gasteiger partial charge in [0.2, 0.25) is 10.3 Å². The van der Waals surface area contributed by atoms with Crippen LogP contribution >= 0.6 is 11.3 Å². The van der Waals surface area contributed by atoms with Crippen LogP contribution in [-0.4, -0.2) is 21.0 Å². The molecular weight excluding hydrogens is 270 g/mol. The third kappa shape index (κ3) is 2.83. The molecule has 1 heterocycles. The maximum absolute atomic E-state index is 11.9. The molecule has 1 aromatic carbocycles. The van der Waals surface area contributed by atoms with Gasteiger partial charge in [-0.3, -0.25) is 20.2 Å². The number of benzene rings is 1. The van der Waals surface area contributed by atoms with Crippen LogP contribution in [0.15, 0.2) is 18.2 Å². The minimum absolute atomic E-state index is 0.107. The maximum Gasteiger partial charge on any atom is 0.273 e. The third-order valence-electron chi connectivity index (χ3n) is 2.33. The van der Waals surface area contributed by atoms with Crippen molar-refractivity contribution >= 4 is 33.2 Å². The van der Waals surface area contributed by atoms with Crippen molar-refractivity contribution in [2.75, 3.05) is 11.1 Å². The number of nitrogen functional groups attached to an aromatic ring is 1. The van der Waals surface area contributed by atoms with E-state index in [-0.39, 0.29) is 21.5 Å². The maximum atomic E-state index is 11.9. The Morgan fingerprint density at radius 2 is 2.21 bits per heavy atom. The number of nitro groups is 1. The van der Waals surface area contributed by atoms with Gasteiger partial charge in [0.25, 0.3) is 11.6 Å². The first-order chi connectivity index (χ1) is 8.97. The second-order valence-electron chi connectivity index (χ2n) is 3.66. The predicted octanol–water partition coefficient (Wildman–Crippen LogP) is 1.59. The Bertz CT molecular complexity index is 654. The molecule has 1 amide bonds. The Morgan fingerprint density at radius 3 is 2.79 bits per heavy atom. The van der Waals surface area contributed by atoms with Gasteiger partial charge in [0.05, 0.1) is 4.92 Å². The van der Waals surface area contributed by atoms with Crippen molar-refractivity contribution in [1.82, 2.24) is 10.2 Å². The molecule has 98 valence electrons. The molecule has 2 aromatic rings. The van der Waals surface area contributed by atoms with Crippen LogP contribution in [0.1, 0.15) is 15.9 Å². The number of anilines is 2. The van der Waals surface area contributed by atoms with Gasteiger partial charge in [-0.05, 0) is 13.0 Å². The number of nitro benzene ring substituents is 1. The molecule has 0 saturated heterocycles. The normalized spacial score (nSPS) is 10.2. The molecule has 0 unspecified atom stereocenters. The fourth-order valence-electron chi connectivity index (χ4n) is 1.40. The van der Waals surface area contributed by atoms with Gasteiger partial charge in [0.15, 0.2) is 0 Å². The summed E-state index contributed by atoms with van der Waals surface area (Å²) in [6.07, 6.45) is 0. The first-order valence-electron chi connectivity index (χ1n) is 5.13. The highest BCUT2D eigenvalue weighted by Crippen LogP contribution is 2.21. The monoisotopic (exact) mass is 279 g/mol. The SMILES string of the molecule is Cc1ccc(C(=O)Nc2nnc(N)s2)cc1[N+](=O)[O-]. The number of nitrogens with two attached hydrogens (primary N) is 1. The molecule has 1 aromatic heterocycles. The molecule has 0 aliphatic carbocycles. The van der Waals surface area contributed by atoms with E-state index in [0.29, 0.717) is 5.56 Å². The van der Waals surface area contributed by atoms with E-state index in [1.807, 2.05) is 0 Å². The Labute approximate surface area is 111 Å². The van der Waals surface area contributed by atoms with E-state index in [1.165, 1.54) is 18.2 Å². The standard InChI is InChI=1S/C10H9N5O3S/c1-5-2-3-6(4-7(5)15(17)18)8(16)12-10-14-13-9(11)19-10/h2-4H,1H3,(H2,11,13)(H,12,14,16). The molecular formula is C10H9N5O3S. The zero-order chi connectivity index (χ0) is 14.0. The van der Waals surface area contributed by atoms with Crippen molar-refractivity contribution in [1.29, 1.82) is 0 Å². The number of aryl methyl sites for hydroxylation is 1. The van der Waals surface area contributed by atoms with Gasteiger partial charge in [-0.15, -0.1) is 10.2 Å². The van der Waals surface area contributed by atoms with Crippen molar-refractivity contribution in [2.24, 2.45) is 0 Å². The van der Waals surface area contributed by atoms with Crippen LogP contribution in [0.25, 0.3) is 0 Å². The Hall–Kier alpha value is -2.55. The number of hydrogen-bond acceptors (Lipinski definition) is 7. The number of carbonyl (C=O) groups is 1. The van der Waals surface area contributed by atoms with Crippen LogP contribution in [0, 0.1) is 17.0 Å². The Kier molecular flexibility index (Phi) is 3.38. The molecule has 0 atom stereocenters. The van der Waals surface area contributed by atoms with Crippen molar-refractivity contribution in [3.05, 3.63) is 39.4 Å². The quantitative estimate of drug-likeness (QED) is 0.649. The summed E-state index contributed by atoms with van der Waals surface area (Å²) in [5, 5.41) is 20.9. The number of carbonyl (C=O) groups excluding carboxylic acids is 1. The second-order valence-corrected chi connectivity index (χ2v) is 4.67. The van der Waals surface area contributed by atoms with Crippen LogP contribution in [0.4, 0.5) is 16.0 Å². The number of nitrogens with one attached hydrogen (secondary N) is 1. The Morgan fingerprint density at radius 1 is 1.47 bits per heavy atom. The van der Waals surface area contributed by atoms with Gasteiger partial charge in [0, 0.05) is 17.2 Å². The minimum Gasteiger partial charge on any atom is -0.374 e. The fraction of sp³-hybridized carbons (Fsp3) is 0.100. The summed E-state index contributed by atoms with van der Waals surface area (Å²) in [7, 11) is 0. The first kappa shape index (κ1) is 12.9. The molecule has 0 aliphatic rings. The molecule has 0 spiro atoms. The van der Waals surface area contributed by atoms with Gasteiger partial charge in [-0.2, -0.15) is 0 Å². The van der Waals surface area contributed by atoms with E-state index < -0.39 is 10.8 Å². The van der Waals surface area contributed by atoms with E-state index in [2.05, 4.69) is 15.5 Å². The van der Waals surface area contributed by atoms with E-state index in [9.17, 15) is 14.9 Å². The summed E-state index contributed by atoms with van der Waals surface area (Å²) in [6.45, 7) is 1.60. The highest BCUT2D eigenvalue weighted by molar-refractivity contribution is 7.19. The largest absolute Gasteiger partial charge is 0.374 e. The fourth-order valence-corrected chi connectivity index (χ4v) is 1.91. The lowest BCUT2D eigenvalue weighted by Crippen LogP contribution is -2.12. The number of nitrogens with zero attached hydrogens (tertiary/aromatic N) is 3. The van der Waals surface area contributed by atoms with Crippen LogP contribution in [0.5, 0.6) is 0 Å². The lowest BCUT2D eigenvalue weighted by molar-refractivity contribution is -0.385. The summed E-state index contributed by atoms with van der Waals surface area (Å²) >= 11 is 1.01. The lowest BCUT2D eigenvalue weighted by atomic mass is 10.1. The van der Waals surface area contributed by atoms with Crippen molar-refractivity contribution < 1.29 is 9.72 Å². The smallest absolute Gasteiger partial charge is 0.273 e. The summed E-state index contributed by atoms with van der Waals surface area (Å²) < 4.78 is 0. The summed E-state index contributed by atoms with van der Waals surface area (Å²) in [5.41, 5.74) is 5.93. The number of hydrogen-bond donors (Lipinski definition) is 2. The van der Waals surface area contributed by atoms with Crippen molar-refractivity contribution in [2.45, 2.75) is 6.92 Å². The van der Waals surface area contributed by atoms with Crippen LogP contribution in [0.2, 0.25) is 0 Å². The molecule has 0 fully saturated rings. The first-order valence-corrected chi connectivity index (χ1v) is 5.94. The van der Waals surface area contributed by atoms with E-state index in [1.54, 1.807) is 6.92 Å². The molecule has 19 heavy (non-hydrogen) atoms. The van der Waals surface area contributed by atoms with Gasteiger partial charge >= 0.3 is 0 Å². The molecule has 0 bridgehead atoms. The number of rotatable bonds is 3. The summed E-state index contributed by atoms with van der Waals surface area (Å²) in [4.78, 5) is 22.1. The average molecular weight is 279 g/mol. The molecule has 3 N–H and O–H groups in total. The molecule has 8 nitrogen and oxygen atoms in total. The summed E-state index contributed by atoms with van der Waals surface area (Å²) in [5.74, 6) is -0.501. The van der Waals surface area contributed by atoms with Crippen LogP contribution in [0.3, 0.4) is 0 Å². The third-order valence-corrected chi connectivity index (χ3v) is 3.00. The van der Waals surface area contributed by atoms with Gasteiger partial charge < -0.3 is 5.73 Å². The van der Waals surface area contributed by atoms with Gasteiger partial charge in [0.1, 0.15) is 0 Å². The van der Waals surface area contributed by atoms with Crippen LogP contribution < -0.4 is 11.1 Å². The highest BCUT2D eigenvalue weighted by atomic mass is 32.1. The van der Waals surface area contributed by atoms with E-state index in [4.69, 9.17) is 5.73 Å². The molecule has 2 rings (SSSR count). The molecule has 0 saturated carbocycles. The van der Waals surface area contributed by atoms with E-state index >= 15 is 0 Å². The Balaban J connectivity index is 2.24. The van der Waals surface area contributed by atoms with Gasteiger partial charge in [-0.25, -0.2) is 0 Å². The zero-order valence-corrected chi connectivity index (χ0v) is 10.6. The van der Waals surface area contributed by atoms with Crippen molar-refractivity contribution in [3.63, 3.8) is 0 Å². The van der Waals surface area contributed by atoms with Crippen LogP contribution in [-0.2, 0) is 0 Å². The molecule has 0 radical (unpaired) electrons. The topological polar surface area (TPSA) is 124 Å². The van der Waals surface area contributed by atoms with E-state index in [0.717, 1.165) is 11.3 Å². The van der Waals surface area contributed by atoms with Gasteiger partial charge in [-0.1, -0.05) is 17.4 Å². The van der Waals surface area contributed by atoms with Crippen molar-refractivity contribution in [3.8, 4) is 0 Å². The molecule has 9 heteroatoms. The number of amides is 1. The highest BCUT2D eigenvalue weighted by Gasteiger charge is 2.16. The zero-order valence-electron chi connectivity index (χ0n) is 9.78. The summed E-state index contributed by atoms with van der Waals surface area (Å²) in [6, 6.07) is 4.23.